The average molecular weight is 448 g/mol. The average Bonchev–Trinajstić information content (AvgIpc) is 3.53. The van der Waals surface area contributed by atoms with Crippen molar-refractivity contribution >= 4 is 17.6 Å². The van der Waals surface area contributed by atoms with Gasteiger partial charge in [0, 0.05) is 6.42 Å². The Kier molecular flexibility index (Phi) is 6.73. The summed E-state index contributed by atoms with van der Waals surface area (Å²) in [5.41, 5.74) is 2.09. The largest absolute Gasteiger partial charge is 0.497 e. The standard InChI is InChI=1S/C25H24N2O6/c1-3-31-25(29)18-8-12-20(13-9-18)33-16-24(28)27-22(23-5-4-14-32-23)15-21(26-27)17-6-10-19(30-2)11-7-17/h4-14,22H,3,15-16H2,1-2H3. The van der Waals surface area contributed by atoms with E-state index in [4.69, 9.17) is 18.6 Å². The highest BCUT2D eigenvalue weighted by Crippen LogP contribution is 2.33. The zero-order chi connectivity index (χ0) is 23.2. The van der Waals surface area contributed by atoms with Gasteiger partial charge in [-0.05, 0) is 73.2 Å². The summed E-state index contributed by atoms with van der Waals surface area (Å²) in [5, 5.41) is 5.99. The highest BCUT2D eigenvalue weighted by atomic mass is 16.5. The monoisotopic (exact) mass is 448 g/mol. The van der Waals surface area contributed by atoms with E-state index in [9.17, 15) is 9.59 Å². The Hall–Kier alpha value is -4.07. The second-order valence-electron chi connectivity index (χ2n) is 7.28. The topological polar surface area (TPSA) is 90.6 Å². The number of carbonyl (C=O) groups is 2. The lowest BCUT2D eigenvalue weighted by Gasteiger charge is -2.20. The summed E-state index contributed by atoms with van der Waals surface area (Å²) >= 11 is 0. The van der Waals surface area contributed by atoms with Crippen molar-refractivity contribution in [3.05, 3.63) is 83.8 Å². The third kappa shape index (κ3) is 5.06. The Morgan fingerprint density at radius 3 is 2.42 bits per heavy atom. The molecule has 2 heterocycles. The van der Waals surface area contributed by atoms with Crippen LogP contribution in [0.15, 0.2) is 76.4 Å². The molecule has 1 aromatic heterocycles. The SMILES string of the molecule is CCOC(=O)c1ccc(OCC(=O)N2N=C(c3ccc(OC)cc3)CC2c2ccco2)cc1. The Labute approximate surface area is 191 Å². The van der Waals surface area contributed by atoms with Crippen LogP contribution in [0.4, 0.5) is 0 Å². The van der Waals surface area contributed by atoms with Gasteiger partial charge in [-0.15, -0.1) is 0 Å². The van der Waals surface area contributed by atoms with Crippen molar-refractivity contribution in [1.29, 1.82) is 0 Å². The number of carbonyl (C=O) groups excluding carboxylic acids is 2. The van der Waals surface area contributed by atoms with Crippen LogP contribution in [-0.4, -0.2) is 42.9 Å². The van der Waals surface area contributed by atoms with E-state index in [-0.39, 0.29) is 18.6 Å². The van der Waals surface area contributed by atoms with Gasteiger partial charge in [0.05, 0.1) is 31.3 Å². The molecule has 1 aliphatic rings. The molecule has 1 atom stereocenters. The van der Waals surface area contributed by atoms with Gasteiger partial charge in [0.25, 0.3) is 5.91 Å². The molecule has 0 radical (unpaired) electrons. The predicted octanol–water partition coefficient (Wildman–Crippen LogP) is 4.22. The van der Waals surface area contributed by atoms with Crippen LogP contribution in [0, 0.1) is 0 Å². The zero-order valence-corrected chi connectivity index (χ0v) is 18.4. The maximum Gasteiger partial charge on any atom is 0.338 e. The Morgan fingerprint density at radius 2 is 1.79 bits per heavy atom. The number of furan rings is 1. The van der Waals surface area contributed by atoms with Crippen LogP contribution in [0.5, 0.6) is 11.5 Å². The third-order valence-corrected chi connectivity index (χ3v) is 5.19. The van der Waals surface area contributed by atoms with E-state index in [0.717, 1.165) is 17.0 Å². The summed E-state index contributed by atoms with van der Waals surface area (Å²) in [5.74, 6) is 1.14. The molecule has 0 saturated carbocycles. The minimum atomic E-state index is -0.404. The molecule has 0 aliphatic carbocycles. The van der Waals surface area contributed by atoms with Gasteiger partial charge in [0.15, 0.2) is 6.61 Å². The number of methoxy groups -OCH3 is 1. The van der Waals surface area contributed by atoms with Gasteiger partial charge >= 0.3 is 5.97 Å². The summed E-state index contributed by atoms with van der Waals surface area (Å²) in [4.78, 5) is 24.8. The Bertz CT molecular complexity index is 1120. The third-order valence-electron chi connectivity index (χ3n) is 5.19. The van der Waals surface area contributed by atoms with E-state index in [1.807, 2.05) is 30.3 Å². The molecule has 4 rings (SSSR count). The molecule has 3 aromatic rings. The van der Waals surface area contributed by atoms with Gasteiger partial charge in [-0.2, -0.15) is 5.10 Å². The number of esters is 1. The fourth-order valence-electron chi connectivity index (χ4n) is 3.51. The lowest BCUT2D eigenvalue weighted by molar-refractivity contribution is -0.135. The van der Waals surface area contributed by atoms with Crippen LogP contribution in [0.3, 0.4) is 0 Å². The fourth-order valence-corrected chi connectivity index (χ4v) is 3.51. The lowest BCUT2D eigenvalue weighted by atomic mass is 10.0. The number of benzene rings is 2. The molecule has 1 unspecified atom stereocenters. The maximum atomic E-state index is 13.0. The van der Waals surface area contributed by atoms with E-state index in [1.165, 1.54) is 5.01 Å². The summed E-state index contributed by atoms with van der Waals surface area (Å²) in [7, 11) is 1.61. The molecule has 0 bridgehead atoms. The quantitative estimate of drug-likeness (QED) is 0.479. The van der Waals surface area contributed by atoms with Gasteiger partial charge in [-0.3, -0.25) is 4.79 Å². The molecule has 8 heteroatoms. The first kappa shape index (κ1) is 22.1. The Morgan fingerprint density at radius 1 is 1.06 bits per heavy atom. The predicted molar refractivity (Wildman–Crippen MR) is 120 cm³/mol. The van der Waals surface area contributed by atoms with Crippen LogP contribution in [-0.2, 0) is 9.53 Å². The first-order valence-corrected chi connectivity index (χ1v) is 10.6. The molecule has 0 spiro atoms. The summed E-state index contributed by atoms with van der Waals surface area (Å²) < 4.78 is 21.4. The van der Waals surface area contributed by atoms with E-state index in [0.29, 0.717) is 30.1 Å². The maximum absolute atomic E-state index is 13.0. The van der Waals surface area contributed by atoms with Crippen molar-refractivity contribution in [1.82, 2.24) is 5.01 Å². The van der Waals surface area contributed by atoms with Crippen LogP contribution in [0.25, 0.3) is 0 Å². The van der Waals surface area contributed by atoms with Crippen molar-refractivity contribution in [2.24, 2.45) is 5.10 Å². The van der Waals surface area contributed by atoms with E-state index < -0.39 is 5.97 Å². The van der Waals surface area contributed by atoms with Gasteiger partial charge in [0.2, 0.25) is 0 Å². The highest BCUT2D eigenvalue weighted by molar-refractivity contribution is 6.03. The molecule has 0 fully saturated rings. The van der Waals surface area contributed by atoms with Crippen LogP contribution >= 0.6 is 0 Å². The van der Waals surface area contributed by atoms with Crippen LogP contribution in [0.2, 0.25) is 0 Å². The molecular weight excluding hydrogens is 424 g/mol. The van der Waals surface area contributed by atoms with Crippen molar-refractivity contribution in [2.75, 3.05) is 20.3 Å². The van der Waals surface area contributed by atoms with Crippen molar-refractivity contribution in [3.63, 3.8) is 0 Å². The number of nitrogens with zero attached hydrogens (tertiary/aromatic N) is 2. The molecule has 33 heavy (non-hydrogen) atoms. The van der Waals surface area contributed by atoms with E-state index in [1.54, 1.807) is 50.6 Å². The van der Waals surface area contributed by atoms with Crippen LogP contribution < -0.4 is 9.47 Å². The molecule has 0 N–H and O–H groups in total. The normalized spacial score (nSPS) is 15.2. The van der Waals surface area contributed by atoms with Crippen LogP contribution in [0.1, 0.15) is 41.1 Å². The lowest BCUT2D eigenvalue weighted by Crippen LogP contribution is -2.31. The minimum Gasteiger partial charge on any atom is -0.497 e. The minimum absolute atomic E-state index is 0.213. The van der Waals surface area contributed by atoms with Crippen molar-refractivity contribution < 1.29 is 28.2 Å². The van der Waals surface area contributed by atoms with Gasteiger partial charge in [-0.25, -0.2) is 9.80 Å². The van der Waals surface area contributed by atoms with E-state index >= 15 is 0 Å². The zero-order valence-electron chi connectivity index (χ0n) is 18.4. The number of rotatable bonds is 8. The summed E-state index contributed by atoms with van der Waals surface area (Å²) in [6.45, 7) is 1.84. The van der Waals surface area contributed by atoms with Crippen molar-refractivity contribution in [3.8, 4) is 11.5 Å². The van der Waals surface area contributed by atoms with E-state index in [2.05, 4.69) is 5.10 Å². The smallest absolute Gasteiger partial charge is 0.338 e. The summed E-state index contributed by atoms with van der Waals surface area (Å²) in [6, 6.07) is 17.2. The van der Waals surface area contributed by atoms with Gasteiger partial charge < -0.3 is 18.6 Å². The first-order chi connectivity index (χ1) is 16.1. The molecule has 170 valence electrons. The van der Waals surface area contributed by atoms with Gasteiger partial charge in [-0.1, -0.05) is 0 Å². The fraction of sp³-hybridized carbons (Fsp3) is 0.240. The molecule has 2 aromatic carbocycles. The molecule has 1 aliphatic heterocycles. The second kappa shape index (κ2) is 10.0. The first-order valence-electron chi connectivity index (χ1n) is 10.6. The van der Waals surface area contributed by atoms with Gasteiger partial charge in [0.1, 0.15) is 23.3 Å². The molecule has 8 nitrogen and oxygen atoms in total. The number of hydrogen-bond donors (Lipinski definition) is 0. The number of amides is 1. The van der Waals surface area contributed by atoms with Crippen molar-refractivity contribution in [2.45, 2.75) is 19.4 Å². The number of hydrogen-bond acceptors (Lipinski definition) is 7. The summed E-state index contributed by atoms with van der Waals surface area (Å²) in [6.07, 6.45) is 2.09. The highest BCUT2D eigenvalue weighted by Gasteiger charge is 2.35. The second-order valence-corrected chi connectivity index (χ2v) is 7.28. The molecular formula is C25H24N2O6. The number of hydrazone groups is 1. The molecule has 1 amide bonds. The number of ether oxygens (including phenoxy) is 3. The molecule has 0 saturated heterocycles. The Balaban J connectivity index is 1.47.